The molecule has 8 heteroatoms. The lowest BCUT2D eigenvalue weighted by molar-refractivity contribution is -0.134. The summed E-state index contributed by atoms with van der Waals surface area (Å²) in [4.78, 5) is 17.3. The number of nitrogens with one attached hydrogen (secondary N) is 2. The van der Waals surface area contributed by atoms with Gasteiger partial charge in [0.05, 0.1) is 12.5 Å². The SMILES string of the molecule is COc1cccc(Oc2ccc(CNC(=O)[C@@]34CCCC[C@H]3CNC4)cn2)c1.Cl.Cl. The van der Waals surface area contributed by atoms with E-state index >= 15 is 0 Å². The molecule has 1 saturated carbocycles. The Hall–Kier alpha value is -2.02. The van der Waals surface area contributed by atoms with Gasteiger partial charge in [0.15, 0.2) is 0 Å². The molecule has 30 heavy (non-hydrogen) atoms. The molecule has 1 saturated heterocycles. The minimum atomic E-state index is -0.221. The number of amides is 1. The first-order valence-electron chi connectivity index (χ1n) is 9.95. The standard InChI is InChI=1S/C22H27N3O3.2ClH/c1-27-18-6-4-7-19(11-18)28-20-9-8-16(12-24-20)13-25-21(26)22-10-3-2-5-17(22)14-23-15-22;;/h4,6-9,11-12,17,23H,2-3,5,10,13-15H2,1H3,(H,25,26);2*1H/t17-,22+;;/m0../s1. The highest BCUT2D eigenvalue weighted by Crippen LogP contribution is 2.43. The van der Waals surface area contributed by atoms with Gasteiger partial charge < -0.3 is 20.1 Å². The molecule has 1 aliphatic heterocycles. The summed E-state index contributed by atoms with van der Waals surface area (Å²) >= 11 is 0. The molecule has 2 aromatic rings. The maximum atomic E-state index is 12.9. The molecule has 1 amide bonds. The Kier molecular flexibility index (Phi) is 8.77. The molecule has 0 bridgehead atoms. The van der Waals surface area contributed by atoms with E-state index in [-0.39, 0.29) is 36.1 Å². The number of pyridine rings is 1. The van der Waals surface area contributed by atoms with Gasteiger partial charge >= 0.3 is 0 Å². The Morgan fingerprint density at radius 3 is 2.83 bits per heavy atom. The molecular formula is C22H29Cl2N3O3. The quantitative estimate of drug-likeness (QED) is 0.687. The lowest BCUT2D eigenvalue weighted by Gasteiger charge is -2.37. The van der Waals surface area contributed by atoms with Crippen molar-refractivity contribution in [2.45, 2.75) is 32.2 Å². The van der Waals surface area contributed by atoms with Gasteiger partial charge in [0.2, 0.25) is 11.8 Å². The number of hydrogen-bond donors (Lipinski definition) is 2. The summed E-state index contributed by atoms with van der Waals surface area (Å²) in [6.45, 7) is 2.25. The fourth-order valence-corrected chi connectivity index (χ4v) is 4.41. The molecule has 2 N–H and O–H groups in total. The second-order valence-electron chi connectivity index (χ2n) is 7.70. The molecule has 0 unspecified atom stereocenters. The number of fused-ring (bicyclic) bond motifs is 1. The van der Waals surface area contributed by atoms with Crippen molar-refractivity contribution < 1.29 is 14.3 Å². The van der Waals surface area contributed by atoms with Crippen molar-refractivity contribution in [3.05, 3.63) is 48.2 Å². The van der Waals surface area contributed by atoms with Crippen LogP contribution in [0, 0.1) is 11.3 Å². The normalized spacial score (nSPS) is 22.1. The summed E-state index contributed by atoms with van der Waals surface area (Å²) in [5.74, 6) is 2.56. The number of halogens is 2. The highest BCUT2D eigenvalue weighted by molar-refractivity contribution is 5.85. The highest BCUT2D eigenvalue weighted by Gasteiger charge is 2.49. The maximum Gasteiger partial charge on any atom is 0.228 e. The summed E-state index contributed by atoms with van der Waals surface area (Å²) in [5.41, 5.74) is 0.738. The zero-order valence-electron chi connectivity index (χ0n) is 17.1. The van der Waals surface area contributed by atoms with Gasteiger partial charge in [0, 0.05) is 31.4 Å². The molecule has 2 atom stereocenters. The number of carbonyl (C=O) groups is 1. The largest absolute Gasteiger partial charge is 0.497 e. The molecule has 1 aromatic carbocycles. The molecule has 0 radical (unpaired) electrons. The average molecular weight is 454 g/mol. The molecule has 2 heterocycles. The molecule has 4 rings (SSSR count). The van der Waals surface area contributed by atoms with E-state index in [9.17, 15) is 4.79 Å². The van der Waals surface area contributed by atoms with Gasteiger partial charge in [-0.05, 0) is 43.0 Å². The minimum absolute atomic E-state index is 0. The summed E-state index contributed by atoms with van der Waals surface area (Å²) < 4.78 is 11.0. The van der Waals surface area contributed by atoms with Gasteiger partial charge in [-0.1, -0.05) is 25.0 Å². The molecule has 1 aliphatic carbocycles. The molecule has 2 aliphatic rings. The van der Waals surface area contributed by atoms with Gasteiger partial charge in [-0.2, -0.15) is 0 Å². The smallest absolute Gasteiger partial charge is 0.228 e. The first-order valence-corrected chi connectivity index (χ1v) is 9.95. The Morgan fingerprint density at radius 1 is 1.23 bits per heavy atom. The predicted molar refractivity (Wildman–Crippen MR) is 121 cm³/mol. The Labute approximate surface area is 190 Å². The maximum absolute atomic E-state index is 12.9. The average Bonchev–Trinajstić information content (AvgIpc) is 3.18. The van der Waals surface area contributed by atoms with Gasteiger partial charge in [-0.15, -0.1) is 24.8 Å². The second kappa shape index (κ2) is 10.8. The minimum Gasteiger partial charge on any atom is -0.497 e. The number of ether oxygens (including phenoxy) is 2. The second-order valence-corrected chi connectivity index (χ2v) is 7.70. The van der Waals surface area contributed by atoms with E-state index in [1.54, 1.807) is 13.3 Å². The summed E-state index contributed by atoms with van der Waals surface area (Å²) in [5, 5.41) is 6.56. The Morgan fingerprint density at radius 2 is 2.07 bits per heavy atom. The third-order valence-corrected chi connectivity index (χ3v) is 6.00. The monoisotopic (exact) mass is 453 g/mol. The molecule has 2 fully saturated rings. The molecular weight excluding hydrogens is 425 g/mol. The topological polar surface area (TPSA) is 72.5 Å². The van der Waals surface area contributed by atoms with Crippen LogP contribution in [0.1, 0.15) is 31.2 Å². The van der Waals surface area contributed by atoms with Gasteiger partial charge in [0.1, 0.15) is 11.5 Å². The van der Waals surface area contributed by atoms with E-state index in [2.05, 4.69) is 15.6 Å². The first-order chi connectivity index (χ1) is 13.7. The third kappa shape index (κ3) is 5.17. The van der Waals surface area contributed by atoms with Crippen LogP contribution in [-0.4, -0.2) is 31.1 Å². The van der Waals surface area contributed by atoms with Gasteiger partial charge in [0.25, 0.3) is 0 Å². The van der Waals surface area contributed by atoms with Crippen molar-refractivity contribution in [1.82, 2.24) is 15.6 Å². The molecule has 6 nitrogen and oxygen atoms in total. The zero-order chi connectivity index (χ0) is 19.4. The number of hydrogen-bond acceptors (Lipinski definition) is 5. The first kappa shape index (κ1) is 24.3. The van der Waals surface area contributed by atoms with Crippen LogP contribution >= 0.6 is 24.8 Å². The van der Waals surface area contributed by atoms with Gasteiger partial charge in [-0.25, -0.2) is 4.98 Å². The fraction of sp³-hybridized carbons (Fsp3) is 0.455. The lowest BCUT2D eigenvalue weighted by Crippen LogP contribution is -2.47. The predicted octanol–water partition coefficient (Wildman–Crippen LogP) is 4.12. The van der Waals surface area contributed by atoms with Crippen molar-refractivity contribution in [3.8, 4) is 17.4 Å². The van der Waals surface area contributed by atoms with Gasteiger partial charge in [-0.3, -0.25) is 4.79 Å². The summed E-state index contributed by atoms with van der Waals surface area (Å²) in [7, 11) is 1.62. The van der Waals surface area contributed by atoms with Crippen LogP contribution in [0.15, 0.2) is 42.6 Å². The van der Waals surface area contributed by atoms with Crippen molar-refractivity contribution in [3.63, 3.8) is 0 Å². The Bertz CT molecular complexity index is 835. The van der Waals surface area contributed by atoms with Crippen LogP contribution in [0.3, 0.4) is 0 Å². The number of carbonyl (C=O) groups excluding carboxylic acids is 1. The summed E-state index contributed by atoms with van der Waals surface area (Å²) in [6, 6.07) is 11.2. The van der Waals surface area contributed by atoms with E-state index in [0.717, 1.165) is 43.7 Å². The van der Waals surface area contributed by atoms with E-state index in [1.165, 1.54) is 6.42 Å². The van der Waals surface area contributed by atoms with Crippen LogP contribution in [0.25, 0.3) is 0 Å². The summed E-state index contributed by atoms with van der Waals surface area (Å²) in [6.07, 6.45) is 6.27. The number of nitrogens with zero attached hydrogens (tertiary/aromatic N) is 1. The van der Waals surface area contributed by atoms with Crippen molar-refractivity contribution >= 4 is 30.7 Å². The van der Waals surface area contributed by atoms with Crippen LogP contribution in [0.4, 0.5) is 0 Å². The molecule has 164 valence electrons. The van der Waals surface area contributed by atoms with Crippen LogP contribution in [-0.2, 0) is 11.3 Å². The van der Waals surface area contributed by atoms with Crippen LogP contribution in [0.5, 0.6) is 17.4 Å². The number of aromatic nitrogens is 1. The lowest BCUT2D eigenvalue weighted by atomic mass is 9.67. The number of rotatable bonds is 6. The number of methoxy groups -OCH3 is 1. The Balaban J connectivity index is 0.00000160. The van der Waals surface area contributed by atoms with E-state index < -0.39 is 0 Å². The van der Waals surface area contributed by atoms with Crippen molar-refractivity contribution in [2.75, 3.05) is 20.2 Å². The molecule has 1 aromatic heterocycles. The molecule has 0 spiro atoms. The van der Waals surface area contributed by atoms with Crippen molar-refractivity contribution in [2.24, 2.45) is 11.3 Å². The number of benzene rings is 1. The fourth-order valence-electron chi connectivity index (χ4n) is 4.41. The van der Waals surface area contributed by atoms with E-state index in [4.69, 9.17) is 9.47 Å². The van der Waals surface area contributed by atoms with Crippen molar-refractivity contribution in [1.29, 1.82) is 0 Å². The highest BCUT2D eigenvalue weighted by atomic mass is 35.5. The third-order valence-electron chi connectivity index (χ3n) is 6.00. The van der Waals surface area contributed by atoms with Crippen LogP contribution in [0.2, 0.25) is 0 Å². The van der Waals surface area contributed by atoms with E-state index in [0.29, 0.717) is 24.1 Å². The zero-order valence-corrected chi connectivity index (χ0v) is 18.7. The van der Waals surface area contributed by atoms with E-state index in [1.807, 2.05) is 36.4 Å². The van der Waals surface area contributed by atoms with Crippen LogP contribution < -0.4 is 20.1 Å².